The molecule has 8 nitrogen and oxygen atoms in total. The maximum absolute atomic E-state index is 12.3. The number of para-hydroxylation sites is 1. The Balaban J connectivity index is 1.61. The van der Waals surface area contributed by atoms with Crippen molar-refractivity contribution in [3.8, 4) is 17.1 Å². The smallest absolute Gasteiger partial charge is 0.280 e. The highest BCUT2D eigenvalue weighted by molar-refractivity contribution is 8.18. The van der Waals surface area contributed by atoms with Crippen LogP contribution in [0.3, 0.4) is 0 Å². The first-order valence-corrected chi connectivity index (χ1v) is 10.1. The highest BCUT2D eigenvalue weighted by Crippen LogP contribution is 2.35. The maximum atomic E-state index is 12.3. The van der Waals surface area contributed by atoms with Crippen molar-refractivity contribution in [2.75, 3.05) is 0 Å². The number of thioether (sulfide) groups is 1. The highest BCUT2D eigenvalue weighted by Gasteiger charge is 2.25. The van der Waals surface area contributed by atoms with Gasteiger partial charge < -0.3 is 14.8 Å². The van der Waals surface area contributed by atoms with Crippen LogP contribution in [0.1, 0.15) is 16.9 Å². The first-order chi connectivity index (χ1) is 14.8. The number of phenols is 1. The lowest BCUT2D eigenvalue weighted by Crippen LogP contribution is -2.19. The lowest BCUT2D eigenvalue weighted by atomic mass is 10.1. The summed E-state index contributed by atoms with van der Waals surface area (Å²) in [5.41, 5.74) is 2.25. The third-order valence-electron chi connectivity index (χ3n) is 4.60. The van der Waals surface area contributed by atoms with Gasteiger partial charge >= 0.3 is 0 Å². The molecule has 0 bridgehead atoms. The van der Waals surface area contributed by atoms with Gasteiger partial charge in [-0.3, -0.25) is 14.9 Å². The quantitative estimate of drug-likeness (QED) is 0.336. The van der Waals surface area contributed by atoms with Gasteiger partial charge in [-0.1, -0.05) is 18.2 Å². The highest BCUT2D eigenvalue weighted by atomic mass is 32.2. The summed E-state index contributed by atoms with van der Waals surface area (Å²) in [5.74, 6) is 0.384. The van der Waals surface area contributed by atoms with E-state index in [0.717, 1.165) is 22.9 Å². The van der Waals surface area contributed by atoms with Crippen LogP contribution in [0.2, 0.25) is 0 Å². The third kappa shape index (κ3) is 4.22. The number of nitro groups is 1. The van der Waals surface area contributed by atoms with E-state index >= 15 is 0 Å². The van der Waals surface area contributed by atoms with Gasteiger partial charge in [0.05, 0.1) is 15.4 Å². The molecule has 2 N–H and O–H groups in total. The average molecular weight is 435 g/mol. The number of hydrogen-bond acceptors (Lipinski definition) is 7. The van der Waals surface area contributed by atoms with Gasteiger partial charge in [-0.2, -0.15) is 0 Å². The van der Waals surface area contributed by atoms with Gasteiger partial charge in [0.2, 0.25) is 0 Å². The standard InChI is InChI=1S/C22H17N3O5S/c1-12-6-8-15(16(10-12)25(28)29)18-9-7-14(30-18)11-19-21(27)24-22(31-19)23-20-13(2)4-3-5-17(20)26/h3-11,26H,1-2H3,(H,23,24,27)/b19-11+. The van der Waals surface area contributed by atoms with Crippen LogP contribution >= 0.6 is 11.8 Å². The average Bonchev–Trinajstić information content (AvgIpc) is 3.31. The van der Waals surface area contributed by atoms with Gasteiger partial charge in [0, 0.05) is 12.1 Å². The summed E-state index contributed by atoms with van der Waals surface area (Å²) in [6, 6.07) is 13.2. The molecule has 1 aliphatic rings. The van der Waals surface area contributed by atoms with Gasteiger partial charge in [0.1, 0.15) is 23.0 Å². The van der Waals surface area contributed by atoms with E-state index in [1.165, 1.54) is 12.1 Å². The topological polar surface area (TPSA) is 118 Å². The molecule has 0 atom stereocenters. The Bertz CT molecular complexity index is 1260. The summed E-state index contributed by atoms with van der Waals surface area (Å²) < 4.78 is 5.75. The van der Waals surface area contributed by atoms with Crippen molar-refractivity contribution in [3.05, 3.63) is 80.4 Å². The van der Waals surface area contributed by atoms with Gasteiger partial charge in [-0.05, 0) is 61.0 Å². The van der Waals surface area contributed by atoms with Gasteiger partial charge in [0.25, 0.3) is 11.6 Å². The van der Waals surface area contributed by atoms with E-state index in [9.17, 15) is 20.0 Å². The lowest BCUT2D eigenvalue weighted by molar-refractivity contribution is -0.384. The van der Waals surface area contributed by atoms with Crippen LogP contribution in [0.4, 0.5) is 11.4 Å². The number of carbonyl (C=O) groups excluding carboxylic acids is 1. The minimum absolute atomic E-state index is 0.0233. The van der Waals surface area contributed by atoms with Crippen LogP contribution in [0.5, 0.6) is 5.75 Å². The van der Waals surface area contributed by atoms with E-state index < -0.39 is 4.92 Å². The number of aromatic hydroxyl groups is 1. The first-order valence-electron chi connectivity index (χ1n) is 9.25. The Morgan fingerprint density at radius 3 is 2.74 bits per heavy atom. The molecule has 3 aromatic rings. The maximum Gasteiger partial charge on any atom is 0.280 e. The number of hydrogen-bond donors (Lipinski definition) is 2. The molecule has 4 rings (SSSR count). The number of aliphatic imine (C=N–C) groups is 1. The number of amides is 1. The van der Waals surface area contributed by atoms with E-state index in [1.54, 1.807) is 43.3 Å². The number of carbonyl (C=O) groups is 1. The molecule has 1 fully saturated rings. The van der Waals surface area contributed by atoms with E-state index in [0.29, 0.717) is 32.8 Å². The molecule has 31 heavy (non-hydrogen) atoms. The largest absolute Gasteiger partial charge is 0.506 e. The Morgan fingerprint density at radius 2 is 2.00 bits per heavy atom. The lowest BCUT2D eigenvalue weighted by Gasteiger charge is -2.03. The molecule has 2 heterocycles. The number of phenolic OH excluding ortho intramolecular Hbond substituents is 1. The molecule has 0 saturated carbocycles. The summed E-state index contributed by atoms with van der Waals surface area (Å²) in [7, 11) is 0. The number of nitro benzene ring substituents is 1. The first kappa shape index (κ1) is 20.4. The van der Waals surface area contributed by atoms with Crippen LogP contribution in [-0.2, 0) is 4.79 Å². The van der Waals surface area contributed by atoms with E-state index in [2.05, 4.69) is 10.3 Å². The summed E-state index contributed by atoms with van der Waals surface area (Å²) >= 11 is 1.11. The van der Waals surface area contributed by atoms with Crippen molar-refractivity contribution in [1.82, 2.24) is 5.32 Å². The van der Waals surface area contributed by atoms with E-state index in [-0.39, 0.29) is 17.3 Å². The Hall–Kier alpha value is -3.85. The minimum atomic E-state index is -0.451. The predicted octanol–water partition coefficient (Wildman–Crippen LogP) is 5.07. The Morgan fingerprint density at radius 1 is 1.19 bits per heavy atom. The number of nitrogens with zero attached hydrogens (tertiary/aromatic N) is 2. The van der Waals surface area contributed by atoms with E-state index in [4.69, 9.17) is 4.42 Å². The second-order valence-corrected chi connectivity index (χ2v) is 7.93. The summed E-state index contributed by atoms with van der Waals surface area (Å²) in [4.78, 5) is 28.0. The molecule has 0 aliphatic carbocycles. The number of rotatable bonds is 4. The zero-order valence-electron chi connectivity index (χ0n) is 16.6. The zero-order chi connectivity index (χ0) is 22.1. The number of benzene rings is 2. The second-order valence-electron chi connectivity index (χ2n) is 6.90. The fraction of sp³-hybridized carbons (Fsp3) is 0.0909. The summed E-state index contributed by atoms with van der Waals surface area (Å²) in [6.45, 7) is 3.59. The fourth-order valence-electron chi connectivity index (χ4n) is 3.08. The second kappa shape index (κ2) is 8.11. The van der Waals surface area contributed by atoms with Crippen LogP contribution in [0.15, 0.2) is 62.8 Å². The van der Waals surface area contributed by atoms with Crippen LogP contribution in [-0.4, -0.2) is 21.1 Å². The molecule has 0 radical (unpaired) electrons. The molecule has 0 spiro atoms. The van der Waals surface area contributed by atoms with Crippen LogP contribution in [0, 0.1) is 24.0 Å². The Labute approximate surface area is 181 Å². The van der Waals surface area contributed by atoms with Gasteiger partial charge in [-0.15, -0.1) is 0 Å². The van der Waals surface area contributed by atoms with Crippen molar-refractivity contribution in [1.29, 1.82) is 0 Å². The monoisotopic (exact) mass is 435 g/mol. The van der Waals surface area contributed by atoms with Crippen LogP contribution < -0.4 is 5.32 Å². The van der Waals surface area contributed by atoms with Crippen LogP contribution in [0.25, 0.3) is 17.4 Å². The fourth-order valence-corrected chi connectivity index (χ4v) is 3.88. The number of aryl methyl sites for hydroxylation is 2. The molecular formula is C22H17N3O5S. The summed E-state index contributed by atoms with van der Waals surface area (Å²) in [5, 5.41) is 24.4. The molecule has 9 heteroatoms. The number of nitrogens with one attached hydrogen (secondary N) is 1. The molecule has 1 saturated heterocycles. The van der Waals surface area contributed by atoms with Gasteiger partial charge in [-0.25, -0.2) is 4.99 Å². The van der Waals surface area contributed by atoms with Crippen molar-refractivity contribution >= 4 is 40.3 Å². The normalized spacial score (nSPS) is 16.1. The molecule has 1 amide bonds. The molecular weight excluding hydrogens is 418 g/mol. The summed E-state index contributed by atoms with van der Waals surface area (Å²) in [6.07, 6.45) is 1.55. The number of furan rings is 1. The van der Waals surface area contributed by atoms with Crippen molar-refractivity contribution < 1.29 is 19.2 Å². The van der Waals surface area contributed by atoms with Crippen molar-refractivity contribution in [2.24, 2.45) is 4.99 Å². The molecule has 0 unspecified atom stereocenters. The number of amidine groups is 1. The molecule has 1 aromatic heterocycles. The van der Waals surface area contributed by atoms with E-state index in [1.807, 2.05) is 13.0 Å². The molecule has 1 aliphatic heterocycles. The SMILES string of the molecule is Cc1ccc(-c2ccc(/C=C3/SC(=Nc4c(C)cccc4O)NC3=O)o2)c([N+](=O)[O-])c1. The minimum Gasteiger partial charge on any atom is -0.506 e. The van der Waals surface area contributed by atoms with Gasteiger partial charge in [0.15, 0.2) is 5.17 Å². The molecule has 2 aromatic carbocycles. The molecule has 156 valence electrons. The zero-order valence-corrected chi connectivity index (χ0v) is 17.4. The Kier molecular flexibility index (Phi) is 5.35. The van der Waals surface area contributed by atoms with Crippen molar-refractivity contribution in [2.45, 2.75) is 13.8 Å². The van der Waals surface area contributed by atoms with Crippen molar-refractivity contribution in [3.63, 3.8) is 0 Å². The predicted molar refractivity (Wildman–Crippen MR) is 119 cm³/mol. The third-order valence-corrected chi connectivity index (χ3v) is 5.51.